The van der Waals surface area contributed by atoms with E-state index in [1.807, 2.05) is 0 Å². The molecule has 0 aliphatic carbocycles. The lowest BCUT2D eigenvalue weighted by Gasteiger charge is -2.03. The maximum absolute atomic E-state index is 11.5. The van der Waals surface area contributed by atoms with Crippen LogP contribution in [0.4, 0.5) is 5.69 Å². The molecule has 1 aromatic heterocycles. The van der Waals surface area contributed by atoms with Gasteiger partial charge in [0.05, 0.1) is 4.92 Å². The highest BCUT2D eigenvalue weighted by molar-refractivity contribution is 5.96. The van der Waals surface area contributed by atoms with Crippen LogP contribution in [0.5, 0.6) is 0 Å². The topological polar surface area (TPSA) is 90.1 Å². The minimum atomic E-state index is -0.607. The van der Waals surface area contributed by atoms with Crippen molar-refractivity contribution < 1.29 is 9.72 Å². The Morgan fingerprint density at radius 2 is 2.33 bits per heavy atom. The van der Waals surface area contributed by atoms with Gasteiger partial charge in [-0.2, -0.15) is 5.10 Å². The summed E-state index contributed by atoms with van der Waals surface area (Å²) in [5.41, 5.74) is -0.257. The number of nitrogens with one attached hydrogen (secondary N) is 1. The average Bonchev–Trinajstić information content (AvgIpc) is 2.61. The molecule has 82 valence electrons. The first-order valence-corrected chi connectivity index (χ1v) is 4.60. The molecule has 0 radical (unpaired) electrons. The first kappa shape index (κ1) is 11.2. The van der Waals surface area contributed by atoms with E-state index in [0.29, 0.717) is 13.1 Å². The predicted octanol–water partition coefficient (Wildman–Crippen LogP) is 0.561. The third-order valence-corrected chi connectivity index (χ3v) is 1.87. The molecule has 1 heterocycles. The molecule has 7 nitrogen and oxygen atoms in total. The summed E-state index contributed by atoms with van der Waals surface area (Å²) in [6, 6.07) is 0. The summed E-state index contributed by atoms with van der Waals surface area (Å²) in [6.45, 7) is 4.35. The number of rotatable bonds is 4. The fourth-order valence-electron chi connectivity index (χ4n) is 1.23. The molecule has 1 aromatic rings. The van der Waals surface area contributed by atoms with Crippen molar-refractivity contribution in [2.45, 2.75) is 20.4 Å². The SMILES string of the molecule is CCNC(=O)c1c([N+](=O)[O-])cnn1CC. The van der Waals surface area contributed by atoms with Gasteiger partial charge < -0.3 is 5.32 Å². The molecule has 0 unspecified atom stereocenters. The number of nitrogens with zero attached hydrogens (tertiary/aromatic N) is 3. The van der Waals surface area contributed by atoms with Gasteiger partial charge >= 0.3 is 5.69 Å². The number of hydrogen-bond donors (Lipinski definition) is 1. The van der Waals surface area contributed by atoms with Crippen molar-refractivity contribution in [3.63, 3.8) is 0 Å². The van der Waals surface area contributed by atoms with E-state index in [4.69, 9.17) is 0 Å². The van der Waals surface area contributed by atoms with E-state index >= 15 is 0 Å². The quantitative estimate of drug-likeness (QED) is 0.583. The van der Waals surface area contributed by atoms with E-state index < -0.39 is 10.8 Å². The molecular formula is C8H12N4O3. The van der Waals surface area contributed by atoms with Gasteiger partial charge in [0, 0.05) is 13.1 Å². The molecule has 0 bridgehead atoms. The van der Waals surface area contributed by atoms with Gasteiger partial charge in [-0.3, -0.25) is 19.6 Å². The molecule has 0 fully saturated rings. The van der Waals surface area contributed by atoms with Gasteiger partial charge in [-0.05, 0) is 13.8 Å². The van der Waals surface area contributed by atoms with Crippen LogP contribution in [0.25, 0.3) is 0 Å². The number of carbonyl (C=O) groups is 1. The summed E-state index contributed by atoms with van der Waals surface area (Å²) in [6.07, 6.45) is 1.09. The molecule has 1 rings (SSSR count). The van der Waals surface area contributed by atoms with Crippen molar-refractivity contribution in [3.05, 3.63) is 22.0 Å². The first-order chi connectivity index (χ1) is 7.11. The van der Waals surface area contributed by atoms with E-state index in [9.17, 15) is 14.9 Å². The normalized spacial score (nSPS) is 10.0. The van der Waals surface area contributed by atoms with Crippen LogP contribution in [0, 0.1) is 10.1 Å². The lowest BCUT2D eigenvalue weighted by Crippen LogP contribution is -2.26. The first-order valence-electron chi connectivity index (χ1n) is 4.60. The number of aryl methyl sites for hydroxylation is 1. The molecule has 0 aliphatic heterocycles. The van der Waals surface area contributed by atoms with Gasteiger partial charge in [-0.15, -0.1) is 0 Å². The summed E-state index contributed by atoms with van der Waals surface area (Å²) in [5, 5.41) is 16.9. The zero-order valence-corrected chi connectivity index (χ0v) is 8.56. The lowest BCUT2D eigenvalue weighted by atomic mass is 10.3. The van der Waals surface area contributed by atoms with Crippen LogP contribution in [0.3, 0.4) is 0 Å². The van der Waals surface area contributed by atoms with Crippen molar-refractivity contribution in [2.24, 2.45) is 0 Å². The van der Waals surface area contributed by atoms with Crippen LogP contribution in [-0.4, -0.2) is 27.2 Å². The van der Waals surface area contributed by atoms with Crippen molar-refractivity contribution in [1.82, 2.24) is 15.1 Å². The Labute approximate surface area is 86.2 Å². The molecule has 15 heavy (non-hydrogen) atoms. The number of nitro groups is 1. The van der Waals surface area contributed by atoms with Gasteiger partial charge in [-0.1, -0.05) is 0 Å². The Kier molecular flexibility index (Phi) is 3.37. The highest BCUT2D eigenvalue weighted by Crippen LogP contribution is 2.17. The second kappa shape index (κ2) is 4.54. The van der Waals surface area contributed by atoms with Gasteiger partial charge in [0.25, 0.3) is 5.91 Å². The van der Waals surface area contributed by atoms with Crippen LogP contribution >= 0.6 is 0 Å². The molecule has 1 amide bonds. The monoisotopic (exact) mass is 212 g/mol. The number of hydrogen-bond acceptors (Lipinski definition) is 4. The minimum absolute atomic E-state index is 0.00403. The summed E-state index contributed by atoms with van der Waals surface area (Å²) in [7, 11) is 0. The Hall–Kier alpha value is -1.92. The van der Waals surface area contributed by atoms with E-state index in [2.05, 4.69) is 10.4 Å². The molecule has 0 saturated heterocycles. The standard InChI is InChI=1S/C8H12N4O3/c1-3-9-8(13)7-6(12(14)15)5-10-11(7)4-2/h5H,3-4H2,1-2H3,(H,9,13). The van der Waals surface area contributed by atoms with E-state index in [1.54, 1.807) is 13.8 Å². The maximum Gasteiger partial charge on any atom is 0.320 e. The fraction of sp³-hybridized carbons (Fsp3) is 0.500. The summed E-state index contributed by atoms with van der Waals surface area (Å²) in [4.78, 5) is 21.6. The Balaban J connectivity index is 3.15. The van der Waals surface area contributed by atoms with Crippen molar-refractivity contribution in [1.29, 1.82) is 0 Å². The van der Waals surface area contributed by atoms with Gasteiger partial charge in [0.15, 0.2) is 0 Å². The van der Waals surface area contributed by atoms with Gasteiger partial charge in [0.2, 0.25) is 5.69 Å². The second-order valence-corrected chi connectivity index (χ2v) is 2.81. The largest absolute Gasteiger partial charge is 0.351 e. The lowest BCUT2D eigenvalue weighted by molar-refractivity contribution is -0.385. The number of amides is 1. The molecule has 0 aliphatic rings. The fourth-order valence-corrected chi connectivity index (χ4v) is 1.23. The summed E-state index contributed by atoms with van der Waals surface area (Å²) < 4.78 is 1.31. The smallest absolute Gasteiger partial charge is 0.320 e. The van der Waals surface area contributed by atoms with Gasteiger partial charge in [0.1, 0.15) is 6.20 Å². The molecule has 1 N–H and O–H groups in total. The molecule has 0 saturated carbocycles. The number of aromatic nitrogens is 2. The molecule has 7 heteroatoms. The third kappa shape index (κ3) is 2.12. The Morgan fingerprint density at radius 1 is 1.67 bits per heavy atom. The average molecular weight is 212 g/mol. The van der Waals surface area contributed by atoms with Crippen LogP contribution in [0.2, 0.25) is 0 Å². The van der Waals surface area contributed by atoms with E-state index in [-0.39, 0.29) is 11.4 Å². The minimum Gasteiger partial charge on any atom is -0.351 e. The highest BCUT2D eigenvalue weighted by atomic mass is 16.6. The van der Waals surface area contributed by atoms with E-state index in [0.717, 1.165) is 6.20 Å². The zero-order valence-electron chi connectivity index (χ0n) is 8.56. The van der Waals surface area contributed by atoms with Crippen LogP contribution in [0.15, 0.2) is 6.20 Å². The third-order valence-electron chi connectivity index (χ3n) is 1.87. The maximum atomic E-state index is 11.5. The van der Waals surface area contributed by atoms with Crippen molar-refractivity contribution in [2.75, 3.05) is 6.54 Å². The van der Waals surface area contributed by atoms with Crippen molar-refractivity contribution in [3.8, 4) is 0 Å². The molecule has 0 atom stereocenters. The summed E-state index contributed by atoms with van der Waals surface area (Å²) >= 11 is 0. The highest BCUT2D eigenvalue weighted by Gasteiger charge is 2.25. The van der Waals surface area contributed by atoms with E-state index in [1.165, 1.54) is 4.68 Å². The molecular weight excluding hydrogens is 200 g/mol. The van der Waals surface area contributed by atoms with Gasteiger partial charge in [-0.25, -0.2) is 0 Å². The van der Waals surface area contributed by atoms with Crippen LogP contribution < -0.4 is 5.32 Å². The Morgan fingerprint density at radius 3 is 2.80 bits per heavy atom. The Bertz CT molecular complexity index is 385. The van der Waals surface area contributed by atoms with Crippen molar-refractivity contribution >= 4 is 11.6 Å². The summed E-state index contributed by atoms with van der Waals surface area (Å²) in [5.74, 6) is -0.469. The zero-order chi connectivity index (χ0) is 11.4. The number of carbonyl (C=O) groups excluding carboxylic acids is 1. The predicted molar refractivity (Wildman–Crippen MR) is 52.6 cm³/mol. The molecule has 0 aromatic carbocycles. The van der Waals surface area contributed by atoms with Crippen LogP contribution in [-0.2, 0) is 6.54 Å². The van der Waals surface area contributed by atoms with Crippen LogP contribution in [0.1, 0.15) is 24.3 Å². The second-order valence-electron chi connectivity index (χ2n) is 2.81. The molecule has 0 spiro atoms.